The summed E-state index contributed by atoms with van der Waals surface area (Å²) in [5.74, 6) is 0.365. The van der Waals surface area contributed by atoms with E-state index in [1.165, 1.54) is 25.0 Å². The summed E-state index contributed by atoms with van der Waals surface area (Å²) in [5.41, 5.74) is 1.67. The molecular formula is C17H17BrN2O4S. The number of ether oxygens (including phenoxy) is 1. The van der Waals surface area contributed by atoms with E-state index in [1.807, 2.05) is 6.07 Å². The standard InChI is InChI=1S/C17H17BrN2O4S/c1-11(21)20-7-6-12-8-13(18)9-16(17(12)20)25(22,23)19-14-4-3-5-15(10-14)24-2/h3-5,8-10,19H,6-7H2,1-2H3. The molecule has 8 heteroatoms. The number of nitrogens with zero attached hydrogens (tertiary/aromatic N) is 1. The zero-order valence-electron chi connectivity index (χ0n) is 13.7. The first-order valence-corrected chi connectivity index (χ1v) is 9.87. The summed E-state index contributed by atoms with van der Waals surface area (Å²) in [5, 5.41) is 0. The van der Waals surface area contributed by atoms with Crippen molar-refractivity contribution in [3.63, 3.8) is 0 Å². The highest BCUT2D eigenvalue weighted by Crippen LogP contribution is 2.38. The number of hydrogen-bond donors (Lipinski definition) is 1. The van der Waals surface area contributed by atoms with E-state index >= 15 is 0 Å². The predicted octanol–water partition coefficient (Wildman–Crippen LogP) is 3.17. The highest BCUT2D eigenvalue weighted by molar-refractivity contribution is 9.10. The van der Waals surface area contributed by atoms with Gasteiger partial charge < -0.3 is 9.64 Å². The first-order chi connectivity index (χ1) is 11.8. The van der Waals surface area contributed by atoms with Crippen molar-refractivity contribution in [3.05, 3.63) is 46.4 Å². The number of fused-ring (bicyclic) bond motifs is 1. The van der Waals surface area contributed by atoms with Crippen LogP contribution >= 0.6 is 15.9 Å². The molecule has 6 nitrogen and oxygen atoms in total. The highest BCUT2D eigenvalue weighted by atomic mass is 79.9. The molecule has 1 aliphatic rings. The summed E-state index contributed by atoms with van der Waals surface area (Å²) >= 11 is 3.36. The van der Waals surface area contributed by atoms with Crippen LogP contribution in [-0.2, 0) is 21.2 Å². The molecule has 1 heterocycles. The molecular weight excluding hydrogens is 408 g/mol. The molecule has 0 unspecified atom stereocenters. The van der Waals surface area contributed by atoms with Gasteiger partial charge in [-0.2, -0.15) is 0 Å². The number of rotatable bonds is 4. The predicted molar refractivity (Wildman–Crippen MR) is 99.7 cm³/mol. The largest absolute Gasteiger partial charge is 0.497 e. The lowest BCUT2D eigenvalue weighted by Crippen LogP contribution is -2.28. The van der Waals surface area contributed by atoms with Crippen LogP contribution in [0.15, 0.2) is 45.8 Å². The molecule has 0 spiro atoms. The van der Waals surface area contributed by atoms with E-state index in [4.69, 9.17) is 4.74 Å². The summed E-state index contributed by atoms with van der Waals surface area (Å²) in [6, 6.07) is 10.0. The van der Waals surface area contributed by atoms with Crippen LogP contribution in [-0.4, -0.2) is 28.0 Å². The molecule has 1 aliphatic heterocycles. The molecule has 0 fully saturated rings. The minimum Gasteiger partial charge on any atom is -0.497 e. The normalized spacial score (nSPS) is 13.5. The quantitative estimate of drug-likeness (QED) is 0.817. The van der Waals surface area contributed by atoms with Crippen molar-refractivity contribution >= 4 is 43.2 Å². The van der Waals surface area contributed by atoms with Crippen molar-refractivity contribution in [1.82, 2.24) is 0 Å². The number of nitrogens with one attached hydrogen (secondary N) is 1. The smallest absolute Gasteiger partial charge is 0.264 e. The van der Waals surface area contributed by atoms with Gasteiger partial charge in [0.25, 0.3) is 10.0 Å². The van der Waals surface area contributed by atoms with E-state index in [2.05, 4.69) is 20.7 Å². The van der Waals surface area contributed by atoms with Crippen LogP contribution in [0.25, 0.3) is 0 Å². The zero-order valence-corrected chi connectivity index (χ0v) is 16.1. The first kappa shape index (κ1) is 17.8. The molecule has 132 valence electrons. The van der Waals surface area contributed by atoms with Crippen LogP contribution in [0.5, 0.6) is 5.75 Å². The summed E-state index contributed by atoms with van der Waals surface area (Å²) in [7, 11) is -2.37. The molecule has 1 amide bonds. The van der Waals surface area contributed by atoms with Crippen LogP contribution < -0.4 is 14.4 Å². The second-order valence-electron chi connectivity index (χ2n) is 5.67. The molecule has 0 bridgehead atoms. The lowest BCUT2D eigenvalue weighted by Gasteiger charge is -2.19. The molecule has 0 aliphatic carbocycles. The number of carbonyl (C=O) groups excluding carboxylic acids is 1. The monoisotopic (exact) mass is 424 g/mol. The number of hydrogen-bond acceptors (Lipinski definition) is 4. The van der Waals surface area contributed by atoms with Gasteiger partial charge in [-0.05, 0) is 36.2 Å². The number of sulfonamides is 1. The second kappa shape index (κ2) is 6.68. The van der Waals surface area contributed by atoms with Crippen molar-refractivity contribution in [3.8, 4) is 5.75 Å². The number of benzene rings is 2. The minimum absolute atomic E-state index is 0.0763. The molecule has 0 atom stereocenters. The Balaban J connectivity index is 2.07. The second-order valence-corrected chi connectivity index (χ2v) is 8.24. The number of amides is 1. The van der Waals surface area contributed by atoms with Crippen LogP contribution in [0.1, 0.15) is 12.5 Å². The number of halogens is 1. The maximum atomic E-state index is 13.0. The third-order valence-electron chi connectivity index (χ3n) is 3.98. The number of carbonyl (C=O) groups is 1. The molecule has 1 N–H and O–H groups in total. The Bertz CT molecular complexity index is 944. The van der Waals surface area contributed by atoms with E-state index in [0.29, 0.717) is 34.6 Å². The van der Waals surface area contributed by atoms with Gasteiger partial charge >= 0.3 is 0 Å². The van der Waals surface area contributed by atoms with Gasteiger partial charge in [0.2, 0.25) is 5.91 Å². The molecule has 0 saturated heterocycles. The van der Waals surface area contributed by atoms with Crippen molar-refractivity contribution in [1.29, 1.82) is 0 Å². The maximum absolute atomic E-state index is 13.0. The van der Waals surface area contributed by atoms with Crippen molar-refractivity contribution in [2.24, 2.45) is 0 Å². The fourth-order valence-electron chi connectivity index (χ4n) is 2.89. The molecule has 0 radical (unpaired) electrons. The Labute approximate surface area is 155 Å². The fraction of sp³-hybridized carbons (Fsp3) is 0.235. The van der Waals surface area contributed by atoms with E-state index in [9.17, 15) is 13.2 Å². The van der Waals surface area contributed by atoms with Gasteiger partial charge in [-0.1, -0.05) is 22.0 Å². The first-order valence-electron chi connectivity index (χ1n) is 7.59. The lowest BCUT2D eigenvalue weighted by atomic mass is 10.2. The van der Waals surface area contributed by atoms with Crippen LogP contribution in [0.2, 0.25) is 0 Å². The summed E-state index contributed by atoms with van der Waals surface area (Å²) < 4.78 is 34.3. The van der Waals surface area contributed by atoms with Crippen LogP contribution in [0.3, 0.4) is 0 Å². The number of methoxy groups -OCH3 is 1. The Morgan fingerprint density at radius 1 is 1.28 bits per heavy atom. The Hall–Kier alpha value is -2.06. The molecule has 2 aromatic rings. The maximum Gasteiger partial charge on any atom is 0.264 e. The van der Waals surface area contributed by atoms with Crippen molar-refractivity contribution < 1.29 is 17.9 Å². The molecule has 0 saturated carbocycles. The fourth-order valence-corrected chi connectivity index (χ4v) is 4.87. The Morgan fingerprint density at radius 3 is 2.72 bits per heavy atom. The van der Waals surface area contributed by atoms with Crippen LogP contribution in [0.4, 0.5) is 11.4 Å². The zero-order chi connectivity index (χ0) is 18.2. The third-order valence-corrected chi connectivity index (χ3v) is 5.84. The van der Waals surface area contributed by atoms with E-state index in [0.717, 1.165) is 5.56 Å². The molecule has 2 aromatic carbocycles. The SMILES string of the molecule is COc1cccc(NS(=O)(=O)c2cc(Br)cc3c2N(C(C)=O)CC3)c1. The third kappa shape index (κ3) is 3.50. The van der Waals surface area contributed by atoms with Gasteiger partial charge in [-0.15, -0.1) is 0 Å². The van der Waals surface area contributed by atoms with E-state index < -0.39 is 10.0 Å². The van der Waals surface area contributed by atoms with E-state index in [-0.39, 0.29) is 10.8 Å². The summed E-state index contributed by atoms with van der Waals surface area (Å²) in [4.78, 5) is 13.5. The van der Waals surface area contributed by atoms with Gasteiger partial charge in [0, 0.05) is 24.0 Å². The molecule has 3 rings (SSSR count). The van der Waals surface area contributed by atoms with E-state index in [1.54, 1.807) is 24.3 Å². The average Bonchev–Trinajstić information content (AvgIpc) is 2.97. The van der Waals surface area contributed by atoms with Gasteiger partial charge in [0.15, 0.2) is 0 Å². The van der Waals surface area contributed by atoms with Gasteiger partial charge in [0.05, 0.1) is 18.5 Å². The summed E-state index contributed by atoms with van der Waals surface area (Å²) in [6.45, 7) is 1.91. The molecule has 0 aromatic heterocycles. The minimum atomic E-state index is -3.88. The molecule has 25 heavy (non-hydrogen) atoms. The van der Waals surface area contributed by atoms with Gasteiger partial charge in [-0.25, -0.2) is 8.42 Å². The summed E-state index contributed by atoms with van der Waals surface area (Å²) in [6.07, 6.45) is 0.621. The highest BCUT2D eigenvalue weighted by Gasteiger charge is 2.31. The topological polar surface area (TPSA) is 75.7 Å². The van der Waals surface area contributed by atoms with Crippen molar-refractivity contribution in [2.45, 2.75) is 18.2 Å². The van der Waals surface area contributed by atoms with Gasteiger partial charge in [-0.3, -0.25) is 9.52 Å². The average molecular weight is 425 g/mol. The number of anilines is 2. The Morgan fingerprint density at radius 2 is 2.04 bits per heavy atom. The van der Waals surface area contributed by atoms with Gasteiger partial charge in [0.1, 0.15) is 10.6 Å². The van der Waals surface area contributed by atoms with Crippen molar-refractivity contribution in [2.75, 3.05) is 23.3 Å². The lowest BCUT2D eigenvalue weighted by molar-refractivity contribution is -0.116. The Kier molecular flexibility index (Phi) is 4.75. The van der Waals surface area contributed by atoms with Crippen LogP contribution in [0, 0.1) is 0 Å².